The number of carbonyl (C=O) groups excluding carboxylic acids is 6. The lowest BCUT2D eigenvalue weighted by atomic mass is 10.0. The lowest BCUT2D eigenvalue weighted by Gasteiger charge is -2.25. The Hall–Kier alpha value is -5.71. The average molecular weight is 897 g/mol. The summed E-state index contributed by atoms with van der Waals surface area (Å²) in [4.78, 5) is 87.8. The number of amides is 6. The zero-order valence-electron chi connectivity index (χ0n) is 37.7. The highest BCUT2D eigenvalue weighted by Crippen LogP contribution is 2.25. The summed E-state index contributed by atoms with van der Waals surface area (Å²) in [5.41, 5.74) is 6.71. The van der Waals surface area contributed by atoms with E-state index < -0.39 is 72.2 Å². The molecule has 0 aliphatic heterocycles. The van der Waals surface area contributed by atoms with Crippen molar-refractivity contribution < 1.29 is 54.0 Å². The fraction of sp³-hybridized carbons (Fsp3) is 0.596. The summed E-state index contributed by atoms with van der Waals surface area (Å²) in [6.45, 7) is 5.46. The molecule has 2 rings (SSSR count). The highest BCUT2D eigenvalue weighted by atomic mass is 16.4. The highest BCUT2D eigenvalue weighted by molar-refractivity contribution is 5.94. The van der Waals surface area contributed by atoms with Gasteiger partial charge in [-0.05, 0) is 61.8 Å². The Morgan fingerprint density at radius 1 is 0.594 bits per heavy atom. The molecule has 17 heteroatoms. The molecule has 0 fully saturated rings. The monoisotopic (exact) mass is 897 g/mol. The Morgan fingerprint density at radius 3 is 1.62 bits per heavy atom. The zero-order valence-corrected chi connectivity index (χ0v) is 37.7. The third kappa shape index (κ3) is 23.1. The van der Waals surface area contributed by atoms with E-state index >= 15 is 0 Å². The number of carboxylic acids is 1. The van der Waals surface area contributed by atoms with Crippen LogP contribution in [0.4, 0.5) is 0 Å². The van der Waals surface area contributed by atoms with Crippen molar-refractivity contribution in [3.05, 3.63) is 59.7 Å². The van der Waals surface area contributed by atoms with Gasteiger partial charge in [0.15, 0.2) is 11.5 Å². The molecule has 0 saturated heterocycles. The Balaban J connectivity index is 1.58. The SMILES string of the molecule is CC(C)C[C@@H](NC(=O)[C@H](NC(=O)CCCCCCCCCCCCCCC(=O)N[C@H](CC(N)=O)C(=O)N[C@@H](Cc1ccccc1)C(=O)O)C(C)O)C(=O)NCCc1ccc(O)c(O)c1. The van der Waals surface area contributed by atoms with Gasteiger partial charge in [0.25, 0.3) is 0 Å². The molecule has 0 aliphatic carbocycles. The molecule has 0 spiro atoms. The normalized spacial score (nSPS) is 13.5. The maximum atomic E-state index is 13.2. The molecule has 0 aliphatic rings. The van der Waals surface area contributed by atoms with Gasteiger partial charge in [0, 0.05) is 25.8 Å². The van der Waals surface area contributed by atoms with E-state index in [0.29, 0.717) is 36.8 Å². The minimum atomic E-state index is -1.28. The van der Waals surface area contributed by atoms with E-state index in [9.17, 15) is 54.0 Å². The smallest absolute Gasteiger partial charge is 0.326 e. The van der Waals surface area contributed by atoms with Crippen molar-refractivity contribution in [3.8, 4) is 11.5 Å². The lowest BCUT2D eigenvalue weighted by molar-refractivity contribution is -0.142. The number of benzene rings is 2. The van der Waals surface area contributed by atoms with Crippen LogP contribution in [0.2, 0.25) is 0 Å². The molecule has 356 valence electrons. The summed E-state index contributed by atoms with van der Waals surface area (Å²) in [5.74, 6) is -5.09. The Kier molecular flexibility index (Phi) is 25.8. The first-order valence-corrected chi connectivity index (χ1v) is 22.7. The number of aliphatic carboxylic acids is 1. The molecule has 0 heterocycles. The fourth-order valence-corrected chi connectivity index (χ4v) is 7.13. The minimum absolute atomic E-state index is 0.0356. The van der Waals surface area contributed by atoms with E-state index in [1.165, 1.54) is 19.1 Å². The first kappa shape index (κ1) is 54.4. The number of hydrogen-bond donors (Lipinski definition) is 10. The summed E-state index contributed by atoms with van der Waals surface area (Å²) in [6, 6.07) is 8.55. The molecule has 2 aromatic carbocycles. The Labute approximate surface area is 377 Å². The number of phenolic OH excluding ortho intramolecular Hbond substituents is 2. The van der Waals surface area contributed by atoms with Gasteiger partial charge in [-0.2, -0.15) is 0 Å². The van der Waals surface area contributed by atoms with E-state index in [4.69, 9.17) is 5.73 Å². The summed E-state index contributed by atoms with van der Waals surface area (Å²) in [5, 5.41) is 52.2. The molecular weight excluding hydrogens is 825 g/mol. The highest BCUT2D eigenvalue weighted by Gasteiger charge is 2.31. The maximum Gasteiger partial charge on any atom is 0.326 e. The molecule has 64 heavy (non-hydrogen) atoms. The van der Waals surface area contributed by atoms with E-state index in [1.54, 1.807) is 36.4 Å². The van der Waals surface area contributed by atoms with Crippen LogP contribution >= 0.6 is 0 Å². The van der Waals surface area contributed by atoms with E-state index in [2.05, 4.69) is 26.6 Å². The van der Waals surface area contributed by atoms with Gasteiger partial charge in [-0.3, -0.25) is 28.8 Å². The van der Waals surface area contributed by atoms with Crippen LogP contribution in [0.1, 0.15) is 135 Å². The van der Waals surface area contributed by atoms with Gasteiger partial charge in [-0.25, -0.2) is 4.79 Å². The number of aliphatic hydroxyl groups is 1. The van der Waals surface area contributed by atoms with Crippen LogP contribution in [0.25, 0.3) is 0 Å². The molecule has 0 saturated carbocycles. The van der Waals surface area contributed by atoms with Crippen LogP contribution in [0.5, 0.6) is 11.5 Å². The average Bonchev–Trinajstić information content (AvgIpc) is 3.23. The number of nitrogens with one attached hydrogen (secondary N) is 5. The number of hydrogen-bond acceptors (Lipinski definition) is 10. The fourth-order valence-electron chi connectivity index (χ4n) is 7.13. The van der Waals surface area contributed by atoms with E-state index in [1.807, 2.05) is 13.8 Å². The maximum absolute atomic E-state index is 13.2. The molecule has 0 radical (unpaired) electrons. The predicted octanol–water partition coefficient (Wildman–Crippen LogP) is 3.79. The lowest BCUT2D eigenvalue weighted by Crippen LogP contribution is -2.57. The van der Waals surface area contributed by atoms with Crippen LogP contribution in [0, 0.1) is 5.92 Å². The largest absolute Gasteiger partial charge is 0.504 e. The molecule has 5 atom stereocenters. The number of primary amides is 1. The van der Waals surface area contributed by atoms with E-state index in [-0.39, 0.29) is 49.1 Å². The van der Waals surface area contributed by atoms with Crippen molar-refractivity contribution in [2.75, 3.05) is 6.54 Å². The van der Waals surface area contributed by atoms with Gasteiger partial charge < -0.3 is 52.7 Å². The van der Waals surface area contributed by atoms with Crippen LogP contribution in [-0.2, 0) is 46.4 Å². The number of carboxylic acid groups (broad SMARTS) is 1. The summed E-state index contributed by atoms with van der Waals surface area (Å²) >= 11 is 0. The number of nitrogens with two attached hydrogens (primary N) is 1. The van der Waals surface area contributed by atoms with Crippen LogP contribution in [0.15, 0.2) is 48.5 Å². The second kappa shape index (κ2) is 30.4. The van der Waals surface area contributed by atoms with Crippen molar-refractivity contribution in [2.24, 2.45) is 11.7 Å². The van der Waals surface area contributed by atoms with Crippen molar-refractivity contribution >= 4 is 41.4 Å². The van der Waals surface area contributed by atoms with Crippen molar-refractivity contribution in [1.29, 1.82) is 0 Å². The Morgan fingerprint density at radius 2 is 1.12 bits per heavy atom. The number of rotatable bonds is 33. The van der Waals surface area contributed by atoms with Crippen LogP contribution in [0.3, 0.4) is 0 Å². The molecule has 11 N–H and O–H groups in total. The first-order chi connectivity index (χ1) is 30.5. The third-order valence-electron chi connectivity index (χ3n) is 10.7. The molecule has 1 unspecified atom stereocenters. The molecule has 6 amide bonds. The zero-order chi connectivity index (χ0) is 47.4. The van der Waals surface area contributed by atoms with Crippen LogP contribution in [-0.4, -0.2) is 98.7 Å². The van der Waals surface area contributed by atoms with Gasteiger partial charge in [-0.15, -0.1) is 0 Å². The predicted molar refractivity (Wildman–Crippen MR) is 242 cm³/mol. The minimum Gasteiger partial charge on any atom is -0.504 e. The third-order valence-corrected chi connectivity index (χ3v) is 10.7. The molecular formula is C47H72N6O11. The van der Waals surface area contributed by atoms with Gasteiger partial charge >= 0.3 is 5.97 Å². The summed E-state index contributed by atoms with van der Waals surface area (Å²) < 4.78 is 0. The molecule has 0 bridgehead atoms. The van der Waals surface area contributed by atoms with Gasteiger partial charge in [-0.1, -0.05) is 114 Å². The topological polar surface area (TPSA) is 287 Å². The first-order valence-electron chi connectivity index (χ1n) is 22.7. The standard InChI is InChI=1S/C47H72N6O11/c1-31(2)27-35(44(60)49-26-25-34-23-24-38(55)39(56)29-34)51-46(62)43(32(3)54)53-42(59)22-18-13-11-9-7-5-4-6-8-10-12-17-21-41(58)50-36(30-40(48)57)45(61)52-37(47(63)64)28-33-19-15-14-16-20-33/h14-16,19-20,23-24,29,31-32,35-37,43,54-56H,4-13,17-18,21-22,25-28,30H2,1-3H3,(H2,48,57)(H,49,60)(H,50,58)(H,51,62)(H,52,61)(H,53,59)(H,63,64)/t32?,35-,36-,37+,43-/m1/s1. The quantitative estimate of drug-likeness (QED) is 0.0363. The van der Waals surface area contributed by atoms with Gasteiger partial charge in [0.05, 0.1) is 12.5 Å². The van der Waals surface area contributed by atoms with Crippen molar-refractivity contribution in [3.63, 3.8) is 0 Å². The number of aliphatic hydroxyl groups excluding tert-OH is 1. The molecule has 17 nitrogen and oxygen atoms in total. The van der Waals surface area contributed by atoms with Crippen molar-refractivity contribution in [2.45, 2.75) is 167 Å². The van der Waals surface area contributed by atoms with Crippen LogP contribution < -0.4 is 32.3 Å². The molecule has 0 aromatic heterocycles. The van der Waals surface area contributed by atoms with Gasteiger partial charge in [0.1, 0.15) is 24.2 Å². The Bertz CT molecular complexity index is 1770. The van der Waals surface area contributed by atoms with Gasteiger partial charge in [0.2, 0.25) is 35.4 Å². The number of unbranched alkanes of at least 4 members (excludes halogenated alkanes) is 11. The summed E-state index contributed by atoms with van der Waals surface area (Å²) in [6.07, 6.45) is 10.6. The molecule has 2 aromatic rings. The van der Waals surface area contributed by atoms with E-state index in [0.717, 1.165) is 64.2 Å². The summed E-state index contributed by atoms with van der Waals surface area (Å²) in [7, 11) is 0. The van der Waals surface area contributed by atoms with Crippen molar-refractivity contribution in [1.82, 2.24) is 26.6 Å². The number of carbonyl (C=O) groups is 7. The second-order valence-electron chi connectivity index (χ2n) is 17.0. The second-order valence-corrected chi connectivity index (χ2v) is 17.0. The number of aromatic hydroxyl groups is 2. The number of phenols is 2.